The van der Waals surface area contributed by atoms with Gasteiger partial charge in [-0.15, -0.1) is 0 Å². The van der Waals surface area contributed by atoms with E-state index in [-0.39, 0.29) is 0 Å². The van der Waals surface area contributed by atoms with Crippen molar-refractivity contribution in [3.8, 4) is 0 Å². The third kappa shape index (κ3) is 1.59. The standard InChI is InChI=1S/C15H25N3/c1-5-18-10-12(9-16-18)17-13-14(2,3)11-6-7-15(13,4)8-11/h9-11,13,17H,5-8H2,1-4H3. The normalized spacial score (nSPS) is 37.1. The van der Waals surface area contributed by atoms with Gasteiger partial charge in [-0.1, -0.05) is 20.8 Å². The van der Waals surface area contributed by atoms with Crippen molar-refractivity contribution in [2.24, 2.45) is 16.7 Å². The van der Waals surface area contributed by atoms with Crippen LogP contribution in [0.2, 0.25) is 0 Å². The van der Waals surface area contributed by atoms with Gasteiger partial charge in [-0.05, 0) is 42.9 Å². The summed E-state index contributed by atoms with van der Waals surface area (Å²) in [6.45, 7) is 10.4. The molecule has 1 N–H and O–H groups in total. The van der Waals surface area contributed by atoms with E-state index >= 15 is 0 Å². The van der Waals surface area contributed by atoms with Crippen molar-refractivity contribution < 1.29 is 0 Å². The van der Waals surface area contributed by atoms with Crippen LogP contribution >= 0.6 is 0 Å². The summed E-state index contributed by atoms with van der Waals surface area (Å²) in [6.07, 6.45) is 8.27. The lowest BCUT2D eigenvalue weighted by Gasteiger charge is -2.43. The van der Waals surface area contributed by atoms with Gasteiger partial charge in [0.05, 0.1) is 11.9 Å². The maximum absolute atomic E-state index is 4.36. The molecule has 2 aliphatic rings. The summed E-state index contributed by atoms with van der Waals surface area (Å²) in [7, 11) is 0. The van der Waals surface area contributed by atoms with E-state index in [0.29, 0.717) is 16.9 Å². The van der Waals surface area contributed by atoms with E-state index in [0.717, 1.165) is 12.5 Å². The number of anilines is 1. The quantitative estimate of drug-likeness (QED) is 0.885. The number of aromatic nitrogens is 2. The zero-order valence-electron chi connectivity index (χ0n) is 12.0. The number of nitrogens with zero attached hydrogens (tertiary/aromatic N) is 2. The van der Waals surface area contributed by atoms with Crippen molar-refractivity contribution in [2.75, 3.05) is 5.32 Å². The Hall–Kier alpha value is -0.990. The smallest absolute Gasteiger partial charge is 0.0729 e. The Labute approximate surface area is 110 Å². The van der Waals surface area contributed by atoms with E-state index in [1.54, 1.807) is 0 Å². The number of rotatable bonds is 3. The first kappa shape index (κ1) is 12.1. The molecule has 0 amide bonds. The summed E-state index contributed by atoms with van der Waals surface area (Å²) < 4.78 is 1.99. The molecule has 18 heavy (non-hydrogen) atoms. The van der Waals surface area contributed by atoms with Gasteiger partial charge in [0.2, 0.25) is 0 Å². The maximum atomic E-state index is 4.36. The molecule has 3 atom stereocenters. The van der Waals surface area contributed by atoms with Gasteiger partial charge < -0.3 is 5.32 Å². The summed E-state index contributed by atoms with van der Waals surface area (Å²) in [5.74, 6) is 0.890. The zero-order valence-corrected chi connectivity index (χ0v) is 12.0. The summed E-state index contributed by atoms with van der Waals surface area (Å²) in [5.41, 5.74) is 2.06. The molecular formula is C15H25N3. The molecule has 2 fully saturated rings. The average Bonchev–Trinajstić information content (AvgIpc) is 2.95. The van der Waals surface area contributed by atoms with Crippen LogP contribution in [0.1, 0.15) is 47.0 Å². The maximum Gasteiger partial charge on any atom is 0.0729 e. The van der Waals surface area contributed by atoms with E-state index in [2.05, 4.69) is 44.3 Å². The van der Waals surface area contributed by atoms with Crippen molar-refractivity contribution in [1.29, 1.82) is 0 Å². The minimum atomic E-state index is 0.404. The van der Waals surface area contributed by atoms with Crippen LogP contribution < -0.4 is 5.32 Å². The Kier molecular flexibility index (Phi) is 2.51. The molecule has 2 aliphatic carbocycles. The summed E-state index contributed by atoms with van der Waals surface area (Å²) in [4.78, 5) is 0. The molecule has 0 aliphatic heterocycles. The van der Waals surface area contributed by atoms with Crippen molar-refractivity contribution in [2.45, 2.75) is 59.5 Å². The second-order valence-electron chi connectivity index (χ2n) is 7.08. The van der Waals surface area contributed by atoms with E-state index in [1.165, 1.54) is 24.9 Å². The van der Waals surface area contributed by atoms with Crippen molar-refractivity contribution in [3.63, 3.8) is 0 Å². The van der Waals surface area contributed by atoms with Crippen LogP contribution in [0.25, 0.3) is 0 Å². The summed E-state index contributed by atoms with van der Waals surface area (Å²) in [6, 6.07) is 0.582. The molecule has 100 valence electrons. The van der Waals surface area contributed by atoms with Gasteiger partial charge in [-0.2, -0.15) is 5.10 Å². The lowest BCUT2D eigenvalue weighted by atomic mass is 9.68. The predicted octanol–water partition coefficient (Wildman–Crippen LogP) is 3.53. The fraction of sp³-hybridized carbons (Fsp3) is 0.800. The molecule has 3 unspecified atom stereocenters. The topological polar surface area (TPSA) is 29.9 Å². The molecule has 3 heteroatoms. The Balaban J connectivity index is 1.83. The van der Waals surface area contributed by atoms with Crippen LogP contribution in [0.15, 0.2) is 12.4 Å². The van der Waals surface area contributed by atoms with Crippen LogP contribution in [-0.2, 0) is 6.54 Å². The number of hydrogen-bond acceptors (Lipinski definition) is 2. The fourth-order valence-corrected chi connectivity index (χ4v) is 4.44. The molecule has 1 aromatic heterocycles. The Morgan fingerprint density at radius 2 is 2.22 bits per heavy atom. The first-order valence-corrected chi connectivity index (χ1v) is 7.25. The summed E-state index contributed by atoms with van der Waals surface area (Å²) >= 11 is 0. The third-order valence-electron chi connectivity index (χ3n) is 5.54. The molecule has 0 radical (unpaired) electrons. The van der Waals surface area contributed by atoms with Crippen LogP contribution in [0, 0.1) is 16.7 Å². The first-order chi connectivity index (χ1) is 8.45. The van der Waals surface area contributed by atoms with E-state index < -0.39 is 0 Å². The molecule has 0 aromatic carbocycles. The minimum absolute atomic E-state index is 0.404. The molecule has 1 heterocycles. The largest absolute Gasteiger partial charge is 0.379 e. The monoisotopic (exact) mass is 247 g/mol. The highest BCUT2D eigenvalue weighted by molar-refractivity contribution is 5.42. The van der Waals surface area contributed by atoms with Crippen LogP contribution in [0.5, 0.6) is 0 Å². The Morgan fingerprint density at radius 1 is 1.44 bits per heavy atom. The van der Waals surface area contributed by atoms with Gasteiger partial charge in [0.25, 0.3) is 0 Å². The molecule has 3 nitrogen and oxygen atoms in total. The van der Waals surface area contributed by atoms with Crippen LogP contribution in [0.4, 0.5) is 5.69 Å². The lowest BCUT2D eigenvalue weighted by molar-refractivity contribution is 0.155. The molecule has 2 bridgehead atoms. The van der Waals surface area contributed by atoms with Crippen LogP contribution in [-0.4, -0.2) is 15.8 Å². The molecule has 0 saturated heterocycles. The second-order valence-corrected chi connectivity index (χ2v) is 7.08. The zero-order chi connectivity index (χ0) is 13.0. The Morgan fingerprint density at radius 3 is 2.78 bits per heavy atom. The number of hydrogen-bond donors (Lipinski definition) is 1. The lowest BCUT2D eigenvalue weighted by Crippen LogP contribution is -2.45. The molecule has 2 saturated carbocycles. The molecule has 3 rings (SSSR count). The minimum Gasteiger partial charge on any atom is -0.379 e. The van der Waals surface area contributed by atoms with Gasteiger partial charge in [0.15, 0.2) is 0 Å². The number of nitrogens with one attached hydrogen (secondary N) is 1. The Bertz CT molecular complexity index is 444. The van der Waals surface area contributed by atoms with Crippen LogP contribution in [0.3, 0.4) is 0 Å². The fourth-order valence-electron chi connectivity index (χ4n) is 4.44. The number of fused-ring (bicyclic) bond motifs is 2. The van der Waals surface area contributed by atoms with E-state index in [1.807, 2.05) is 10.9 Å². The van der Waals surface area contributed by atoms with Gasteiger partial charge in [0, 0.05) is 18.8 Å². The summed E-state index contributed by atoms with van der Waals surface area (Å²) in [5, 5.41) is 8.14. The predicted molar refractivity (Wildman–Crippen MR) is 74.5 cm³/mol. The average molecular weight is 247 g/mol. The first-order valence-electron chi connectivity index (χ1n) is 7.25. The SMILES string of the molecule is CCn1cc(NC2C3(C)CCC(C3)C2(C)C)cn1. The highest BCUT2D eigenvalue weighted by Gasteiger charge is 2.59. The van der Waals surface area contributed by atoms with E-state index in [4.69, 9.17) is 0 Å². The molecular weight excluding hydrogens is 222 g/mol. The molecule has 0 spiro atoms. The second kappa shape index (κ2) is 3.75. The third-order valence-corrected chi connectivity index (χ3v) is 5.54. The van der Waals surface area contributed by atoms with Crippen molar-refractivity contribution in [1.82, 2.24) is 9.78 Å². The molecule has 1 aromatic rings. The highest BCUT2D eigenvalue weighted by atomic mass is 15.3. The van der Waals surface area contributed by atoms with Crippen molar-refractivity contribution >= 4 is 5.69 Å². The van der Waals surface area contributed by atoms with Gasteiger partial charge in [-0.3, -0.25) is 4.68 Å². The highest BCUT2D eigenvalue weighted by Crippen LogP contribution is 2.63. The van der Waals surface area contributed by atoms with Gasteiger partial charge in [0.1, 0.15) is 0 Å². The number of aryl methyl sites for hydroxylation is 1. The van der Waals surface area contributed by atoms with E-state index in [9.17, 15) is 0 Å². The van der Waals surface area contributed by atoms with Gasteiger partial charge in [-0.25, -0.2) is 0 Å². The van der Waals surface area contributed by atoms with Crippen molar-refractivity contribution in [3.05, 3.63) is 12.4 Å². The van der Waals surface area contributed by atoms with Gasteiger partial charge >= 0.3 is 0 Å².